The molecule has 8 nitrogen and oxygen atoms in total. The van der Waals surface area contributed by atoms with Crippen molar-refractivity contribution in [2.75, 3.05) is 46.3 Å². The molecule has 2 aromatic rings. The maximum atomic E-state index is 10.7. The summed E-state index contributed by atoms with van der Waals surface area (Å²) in [6.45, 7) is 5.21. The lowest BCUT2D eigenvalue weighted by atomic mass is 10.1. The molecule has 0 aliphatic heterocycles. The van der Waals surface area contributed by atoms with Gasteiger partial charge in [0.25, 0.3) is 0 Å². The number of methoxy groups -OCH3 is 3. The maximum Gasteiger partial charge on any atom is 0.195 e. The molecule has 0 aliphatic carbocycles. The number of guanidine groups is 1. The second-order valence-corrected chi connectivity index (χ2v) is 6.27. The fourth-order valence-corrected chi connectivity index (χ4v) is 2.84. The van der Waals surface area contributed by atoms with Gasteiger partial charge in [-0.25, -0.2) is 4.99 Å². The fraction of sp³-hybridized carbons (Fsp3) is 0.409. The van der Waals surface area contributed by atoms with Gasteiger partial charge in [-0.05, 0) is 44.2 Å². The summed E-state index contributed by atoms with van der Waals surface area (Å²) in [6.07, 6.45) is -0.861. The Morgan fingerprint density at radius 2 is 1.70 bits per heavy atom. The van der Waals surface area contributed by atoms with Gasteiger partial charge in [0.1, 0.15) is 17.6 Å². The molecule has 0 bridgehead atoms. The Bertz CT molecular complexity index is 842. The zero-order valence-electron chi connectivity index (χ0n) is 18.2. The van der Waals surface area contributed by atoms with Gasteiger partial charge >= 0.3 is 0 Å². The van der Waals surface area contributed by atoms with Crippen molar-refractivity contribution >= 4 is 11.6 Å². The van der Waals surface area contributed by atoms with E-state index in [0.29, 0.717) is 47.7 Å². The van der Waals surface area contributed by atoms with Crippen LogP contribution in [0, 0.1) is 0 Å². The van der Waals surface area contributed by atoms with Crippen LogP contribution in [0.25, 0.3) is 0 Å². The van der Waals surface area contributed by atoms with E-state index < -0.39 is 6.10 Å². The predicted octanol–water partition coefficient (Wildman–Crippen LogP) is 3.22. The van der Waals surface area contributed by atoms with Crippen LogP contribution in [-0.2, 0) is 0 Å². The van der Waals surface area contributed by atoms with Crippen LogP contribution in [0.5, 0.6) is 23.0 Å². The molecule has 0 aromatic heterocycles. The summed E-state index contributed by atoms with van der Waals surface area (Å²) in [4.78, 5) is 4.51. The number of aliphatic hydroxyl groups is 1. The highest BCUT2D eigenvalue weighted by molar-refractivity contribution is 5.94. The molecule has 0 amide bonds. The molecule has 30 heavy (non-hydrogen) atoms. The topological polar surface area (TPSA) is 93.6 Å². The minimum absolute atomic E-state index is 0.132. The number of nitrogens with one attached hydrogen (secondary N) is 2. The number of hydrogen-bond acceptors (Lipinski definition) is 6. The van der Waals surface area contributed by atoms with E-state index in [9.17, 15) is 5.11 Å². The number of aliphatic hydroxyl groups excluding tert-OH is 1. The Morgan fingerprint density at radius 1 is 0.967 bits per heavy atom. The van der Waals surface area contributed by atoms with Crippen LogP contribution >= 0.6 is 0 Å². The summed E-state index contributed by atoms with van der Waals surface area (Å²) >= 11 is 0. The molecule has 2 aromatic carbocycles. The Morgan fingerprint density at radius 3 is 2.33 bits per heavy atom. The highest BCUT2D eigenvalue weighted by Gasteiger charge is 2.15. The average molecular weight is 418 g/mol. The molecule has 0 spiro atoms. The van der Waals surface area contributed by atoms with Crippen LogP contribution in [0.1, 0.15) is 25.5 Å². The van der Waals surface area contributed by atoms with E-state index in [1.165, 1.54) is 0 Å². The van der Waals surface area contributed by atoms with Crippen LogP contribution in [0.15, 0.2) is 41.4 Å². The predicted molar refractivity (Wildman–Crippen MR) is 118 cm³/mol. The SMILES string of the molecule is CCNC(=NCC(O)c1cc(OC)ccc1OC)Nc1ccc(OC)c(OCC)c1. The van der Waals surface area contributed by atoms with E-state index in [2.05, 4.69) is 15.6 Å². The molecule has 1 atom stereocenters. The summed E-state index contributed by atoms with van der Waals surface area (Å²) in [7, 11) is 4.74. The van der Waals surface area contributed by atoms with Crippen LogP contribution < -0.4 is 29.6 Å². The number of aliphatic imine (C=N–C) groups is 1. The highest BCUT2D eigenvalue weighted by Crippen LogP contribution is 2.31. The molecule has 0 radical (unpaired) electrons. The number of anilines is 1. The first kappa shape index (κ1) is 23.2. The van der Waals surface area contributed by atoms with Gasteiger partial charge in [-0.1, -0.05) is 0 Å². The number of nitrogens with zero attached hydrogens (tertiary/aromatic N) is 1. The van der Waals surface area contributed by atoms with E-state index in [-0.39, 0.29) is 6.54 Å². The first-order valence-corrected chi connectivity index (χ1v) is 9.82. The van der Waals surface area contributed by atoms with E-state index >= 15 is 0 Å². The third-order valence-electron chi connectivity index (χ3n) is 4.29. The lowest BCUT2D eigenvalue weighted by molar-refractivity contribution is 0.182. The van der Waals surface area contributed by atoms with Crippen LogP contribution in [0.2, 0.25) is 0 Å². The average Bonchev–Trinajstić information content (AvgIpc) is 2.77. The van der Waals surface area contributed by atoms with Crippen molar-refractivity contribution in [2.24, 2.45) is 4.99 Å². The van der Waals surface area contributed by atoms with Gasteiger partial charge in [0.15, 0.2) is 17.5 Å². The van der Waals surface area contributed by atoms with Gasteiger partial charge in [-0.3, -0.25) is 0 Å². The normalized spacial score (nSPS) is 12.1. The molecule has 1 unspecified atom stereocenters. The van der Waals surface area contributed by atoms with Crippen molar-refractivity contribution in [3.63, 3.8) is 0 Å². The standard InChI is InChI=1S/C22H31N3O5/c1-6-23-22(25-15-8-10-20(29-5)21(12-15)30-7-2)24-14-18(26)17-13-16(27-3)9-11-19(17)28-4/h8-13,18,26H,6-7,14H2,1-5H3,(H2,23,24,25). The minimum Gasteiger partial charge on any atom is -0.497 e. The molecular formula is C22H31N3O5. The van der Waals surface area contributed by atoms with Crippen molar-refractivity contribution in [3.8, 4) is 23.0 Å². The van der Waals surface area contributed by atoms with Gasteiger partial charge in [0.2, 0.25) is 0 Å². The van der Waals surface area contributed by atoms with Crippen LogP contribution in [0.4, 0.5) is 5.69 Å². The second kappa shape index (κ2) is 11.8. The van der Waals surface area contributed by atoms with E-state index in [1.54, 1.807) is 39.5 Å². The Hall–Kier alpha value is -3.13. The van der Waals surface area contributed by atoms with Crippen molar-refractivity contribution in [1.82, 2.24) is 5.32 Å². The first-order chi connectivity index (χ1) is 14.6. The lowest BCUT2D eigenvalue weighted by Crippen LogP contribution is -2.31. The van der Waals surface area contributed by atoms with Gasteiger partial charge < -0.3 is 34.7 Å². The number of hydrogen-bond donors (Lipinski definition) is 3. The van der Waals surface area contributed by atoms with Gasteiger partial charge in [-0.15, -0.1) is 0 Å². The van der Waals surface area contributed by atoms with Crippen molar-refractivity contribution in [3.05, 3.63) is 42.0 Å². The summed E-state index contributed by atoms with van der Waals surface area (Å²) in [5, 5.41) is 17.1. The molecule has 3 N–H and O–H groups in total. The highest BCUT2D eigenvalue weighted by atomic mass is 16.5. The lowest BCUT2D eigenvalue weighted by Gasteiger charge is -2.17. The molecule has 0 aliphatic rings. The first-order valence-electron chi connectivity index (χ1n) is 9.82. The second-order valence-electron chi connectivity index (χ2n) is 6.27. The number of rotatable bonds is 10. The Kier molecular flexibility index (Phi) is 9.08. The quantitative estimate of drug-likeness (QED) is 0.404. The molecule has 2 rings (SSSR count). The monoisotopic (exact) mass is 417 g/mol. The maximum absolute atomic E-state index is 10.7. The Labute approximate surface area is 177 Å². The summed E-state index contributed by atoms with van der Waals surface area (Å²) < 4.78 is 21.5. The van der Waals surface area contributed by atoms with E-state index in [4.69, 9.17) is 18.9 Å². The summed E-state index contributed by atoms with van der Waals surface area (Å²) in [5.74, 6) is 3.05. The number of ether oxygens (including phenoxy) is 4. The molecular weight excluding hydrogens is 386 g/mol. The number of benzene rings is 2. The molecule has 164 valence electrons. The van der Waals surface area contributed by atoms with Crippen molar-refractivity contribution < 1.29 is 24.1 Å². The summed E-state index contributed by atoms with van der Waals surface area (Å²) in [6, 6.07) is 10.8. The van der Waals surface area contributed by atoms with Crippen molar-refractivity contribution in [2.45, 2.75) is 20.0 Å². The molecule has 0 saturated carbocycles. The van der Waals surface area contributed by atoms with Crippen LogP contribution in [0.3, 0.4) is 0 Å². The minimum atomic E-state index is -0.861. The molecule has 8 heteroatoms. The van der Waals surface area contributed by atoms with Gasteiger partial charge in [-0.2, -0.15) is 0 Å². The van der Waals surface area contributed by atoms with E-state index in [0.717, 1.165) is 5.69 Å². The van der Waals surface area contributed by atoms with Crippen molar-refractivity contribution in [1.29, 1.82) is 0 Å². The largest absolute Gasteiger partial charge is 0.497 e. The zero-order chi connectivity index (χ0) is 21.9. The third kappa shape index (κ3) is 6.18. The fourth-order valence-electron chi connectivity index (χ4n) is 2.84. The summed E-state index contributed by atoms with van der Waals surface area (Å²) in [5.41, 5.74) is 1.40. The van der Waals surface area contributed by atoms with Gasteiger partial charge in [0.05, 0.1) is 34.5 Å². The third-order valence-corrected chi connectivity index (χ3v) is 4.29. The molecule has 0 saturated heterocycles. The molecule has 0 fully saturated rings. The molecule has 0 heterocycles. The smallest absolute Gasteiger partial charge is 0.195 e. The van der Waals surface area contributed by atoms with E-state index in [1.807, 2.05) is 32.0 Å². The Balaban J connectivity index is 2.19. The zero-order valence-corrected chi connectivity index (χ0v) is 18.2. The van der Waals surface area contributed by atoms with Gasteiger partial charge in [0, 0.05) is 23.9 Å². The van der Waals surface area contributed by atoms with Crippen LogP contribution in [-0.4, -0.2) is 52.1 Å².